The van der Waals surface area contributed by atoms with Crippen molar-refractivity contribution in [2.24, 2.45) is 10.9 Å². The van der Waals surface area contributed by atoms with E-state index in [1.165, 1.54) is 27.7 Å². The largest absolute Gasteiger partial charge is 1.00 e. The minimum absolute atomic E-state index is 0. The molecule has 3 aromatic rings. The van der Waals surface area contributed by atoms with E-state index in [0.717, 1.165) is 5.56 Å². The predicted molar refractivity (Wildman–Crippen MR) is 184 cm³/mol. The van der Waals surface area contributed by atoms with E-state index in [4.69, 9.17) is 9.47 Å². The lowest BCUT2D eigenvalue weighted by Gasteiger charge is -2.44. The molecule has 0 unspecified atom stereocenters. The summed E-state index contributed by atoms with van der Waals surface area (Å²) in [6.45, 7) is 7.14. The molecular weight excluding hydrogens is 718 g/mol. The SMILES string of the molecule is COC(=O)C[n+]1cccc(C(=O)N2C=C(c3ccccc3)N([C@@H](Cc3ccccc3)C(=O)NCC(=O)C3=NC(C)(C)CO3)C(=O)[C@H]2C(C)C)c1.[Br-]. The first-order valence-corrected chi connectivity index (χ1v) is 16.4. The van der Waals surface area contributed by atoms with E-state index in [2.05, 4.69) is 10.3 Å². The highest BCUT2D eigenvalue weighted by Gasteiger charge is 2.45. The topological polar surface area (TPSA) is 139 Å². The molecule has 5 rings (SSSR count). The second-order valence-corrected chi connectivity index (χ2v) is 13.2. The van der Waals surface area contributed by atoms with E-state index < -0.39 is 47.1 Å². The maximum absolute atomic E-state index is 14.8. The number of rotatable bonds is 12. The molecule has 1 N–H and O–H groups in total. The van der Waals surface area contributed by atoms with Gasteiger partial charge in [-0.25, -0.2) is 9.79 Å². The van der Waals surface area contributed by atoms with Crippen LogP contribution in [-0.2, 0) is 41.6 Å². The molecule has 0 spiro atoms. The first kappa shape index (κ1) is 38.6. The molecule has 2 atom stereocenters. The molecular formula is C38H42BrN5O7. The van der Waals surface area contributed by atoms with Crippen molar-refractivity contribution >= 4 is 41.1 Å². The summed E-state index contributed by atoms with van der Waals surface area (Å²) in [5, 5.41) is 2.74. The number of ether oxygens (including phenoxy) is 2. The van der Waals surface area contributed by atoms with Crippen LogP contribution < -0.4 is 26.9 Å². The summed E-state index contributed by atoms with van der Waals surface area (Å²) < 4.78 is 11.8. The molecule has 51 heavy (non-hydrogen) atoms. The Labute approximate surface area is 307 Å². The van der Waals surface area contributed by atoms with Gasteiger partial charge in [0.1, 0.15) is 24.3 Å². The molecule has 3 heterocycles. The van der Waals surface area contributed by atoms with E-state index in [9.17, 15) is 24.0 Å². The normalized spacial score (nSPS) is 17.1. The Morgan fingerprint density at radius 2 is 1.69 bits per heavy atom. The maximum Gasteiger partial charge on any atom is 0.372 e. The molecule has 0 saturated carbocycles. The number of nitrogens with one attached hydrogen (secondary N) is 1. The van der Waals surface area contributed by atoms with Gasteiger partial charge in [0.15, 0.2) is 12.4 Å². The van der Waals surface area contributed by atoms with E-state index in [1.807, 2.05) is 64.1 Å². The number of aliphatic imine (C=N–C) groups is 1. The zero-order valence-electron chi connectivity index (χ0n) is 29.2. The van der Waals surface area contributed by atoms with Gasteiger partial charge >= 0.3 is 5.97 Å². The number of aromatic nitrogens is 1. The van der Waals surface area contributed by atoms with Gasteiger partial charge in [0, 0.05) is 18.7 Å². The molecule has 268 valence electrons. The number of hydrogen-bond acceptors (Lipinski definition) is 8. The Morgan fingerprint density at radius 3 is 2.29 bits per heavy atom. The standard InChI is InChI=1S/C38H41N5O7.BrH/c1-25(2)33-37(48)43(29(19-26-13-8-6-9-14-26)34(46)39-20-31(44)35-40-38(3,4)24-50-35)30(27-15-10-7-11-16-27)22-42(33)36(47)28-17-12-18-41(21-28)23-32(45)49-5;/h6-18,21-22,25,29,33H,19-20,23-24H2,1-5H3;1H/t29-,33+;/m0./s1. The first-order valence-electron chi connectivity index (χ1n) is 16.4. The molecule has 1 aromatic heterocycles. The lowest BCUT2D eigenvalue weighted by atomic mass is 9.93. The second kappa shape index (κ2) is 16.7. The van der Waals surface area contributed by atoms with Crippen molar-refractivity contribution in [2.45, 2.75) is 58.3 Å². The summed E-state index contributed by atoms with van der Waals surface area (Å²) >= 11 is 0. The Balaban J connectivity index is 0.00000583. The van der Waals surface area contributed by atoms with Gasteiger partial charge in [0.05, 0.1) is 24.9 Å². The van der Waals surface area contributed by atoms with Crippen molar-refractivity contribution in [2.75, 3.05) is 20.3 Å². The van der Waals surface area contributed by atoms with Crippen molar-refractivity contribution in [1.82, 2.24) is 15.1 Å². The van der Waals surface area contributed by atoms with E-state index in [-0.39, 0.29) is 60.5 Å². The molecule has 13 heteroatoms. The number of amides is 3. The van der Waals surface area contributed by atoms with Gasteiger partial charge in [-0.05, 0) is 37.0 Å². The van der Waals surface area contributed by atoms with Crippen molar-refractivity contribution in [3.8, 4) is 0 Å². The smallest absolute Gasteiger partial charge is 0.372 e. The summed E-state index contributed by atoms with van der Waals surface area (Å²) in [5.74, 6) is -2.83. The highest BCUT2D eigenvalue weighted by atomic mass is 79.9. The lowest BCUT2D eigenvalue weighted by molar-refractivity contribution is -0.686. The van der Waals surface area contributed by atoms with Crippen molar-refractivity contribution in [1.29, 1.82) is 0 Å². The second-order valence-electron chi connectivity index (χ2n) is 13.2. The number of ketones is 1. The maximum atomic E-state index is 14.8. The fourth-order valence-electron chi connectivity index (χ4n) is 5.93. The Bertz CT molecular complexity index is 1830. The predicted octanol–water partition coefficient (Wildman–Crippen LogP) is -0.0374. The van der Waals surface area contributed by atoms with Crippen LogP contribution in [0.4, 0.5) is 0 Å². The summed E-state index contributed by atoms with van der Waals surface area (Å²) in [6.07, 6.45) is 4.92. The summed E-state index contributed by atoms with van der Waals surface area (Å²) in [4.78, 5) is 75.4. The monoisotopic (exact) mass is 759 g/mol. The van der Waals surface area contributed by atoms with Crippen LogP contribution in [0.25, 0.3) is 5.70 Å². The Morgan fingerprint density at radius 1 is 1.02 bits per heavy atom. The van der Waals surface area contributed by atoms with Crippen molar-refractivity contribution in [3.63, 3.8) is 0 Å². The highest BCUT2D eigenvalue weighted by molar-refractivity contribution is 6.37. The third-order valence-corrected chi connectivity index (χ3v) is 8.41. The van der Waals surface area contributed by atoms with Gasteiger partial charge in [0.25, 0.3) is 17.7 Å². The number of carbonyl (C=O) groups excluding carboxylic acids is 5. The summed E-state index contributed by atoms with van der Waals surface area (Å²) in [6, 6.07) is 19.5. The Kier molecular flexibility index (Phi) is 12.6. The van der Waals surface area contributed by atoms with Crippen molar-refractivity contribution < 1.29 is 55.0 Å². The van der Waals surface area contributed by atoms with Crippen LogP contribution in [0.5, 0.6) is 0 Å². The average molecular weight is 761 g/mol. The number of halogens is 1. The molecule has 0 radical (unpaired) electrons. The number of nitrogens with zero attached hydrogens (tertiary/aromatic N) is 4. The van der Waals surface area contributed by atoms with E-state index in [1.54, 1.807) is 48.8 Å². The number of benzene rings is 2. The molecule has 2 aromatic carbocycles. The fourth-order valence-corrected chi connectivity index (χ4v) is 5.93. The summed E-state index contributed by atoms with van der Waals surface area (Å²) in [5.41, 5.74) is 1.45. The van der Waals surface area contributed by atoms with E-state index >= 15 is 0 Å². The van der Waals surface area contributed by atoms with Gasteiger partial charge < -0.3 is 31.8 Å². The van der Waals surface area contributed by atoms with Gasteiger partial charge in [-0.3, -0.25) is 29.0 Å². The molecule has 2 aliphatic heterocycles. The lowest BCUT2D eigenvalue weighted by Crippen LogP contribution is -3.00. The third-order valence-electron chi connectivity index (χ3n) is 8.41. The quantitative estimate of drug-likeness (QED) is 0.202. The van der Waals surface area contributed by atoms with Crippen LogP contribution >= 0.6 is 0 Å². The number of carbonyl (C=O) groups is 5. The highest BCUT2D eigenvalue weighted by Crippen LogP contribution is 2.33. The van der Waals surface area contributed by atoms with Gasteiger partial charge in [-0.2, -0.15) is 4.57 Å². The number of methoxy groups -OCH3 is 1. The first-order chi connectivity index (χ1) is 23.9. The van der Waals surface area contributed by atoms with Gasteiger partial charge in [-0.1, -0.05) is 74.5 Å². The zero-order chi connectivity index (χ0) is 36.0. The van der Waals surface area contributed by atoms with Crippen LogP contribution in [0.2, 0.25) is 0 Å². The van der Waals surface area contributed by atoms with Gasteiger partial charge in [0.2, 0.25) is 18.2 Å². The molecule has 0 fully saturated rings. The Hall–Kier alpha value is -5.17. The van der Waals surface area contributed by atoms with Crippen molar-refractivity contribution in [3.05, 3.63) is 108 Å². The summed E-state index contributed by atoms with van der Waals surface area (Å²) in [7, 11) is 1.29. The average Bonchev–Trinajstić information content (AvgIpc) is 3.49. The third kappa shape index (κ3) is 9.14. The molecule has 3 amide bonds. The van der Waals surface area contributed by atoms with Crippen LogP contribution in [-0.4, -0.2) is 83.1 Å². The molecule has 0 saturated heterocycles. The molecule has 0 aliphatic carbocycles. The van der Waals surface area contributed by atoms with Crippen LogP contribution in [0.15, 0.2) is 96.4 Å². The molecule has 2 aliphatic rings. The van der Waals surface area contributed by atoms with Crippen LogP contribution in [0.1, 0.15) is 49.2 Å². The number of esters is 1. The minimum atomic E-state index is -1.09. The van der Waals surface area contributed by atoms with E-state index in [0.29, 0.717) is 11.3 Å². The fraction of sp³-hybridized carbons (Fsp3) is 0.342. The van der Waals surface area contributed by atoms with Gasteiger partial charge in [-0.15, -0.1) is 0 Å². The number of pyridine rings is 1. The minimum Gasteiger partial charge on any atom is -1.00 e. The molecule has 12 nitrogen and oxygen atoms in total. The number of hydrogen-bond donors (Lipinski definition) is 1. The molecule has 0 bridgehead atoms. The van der Waals surface area contributed by atoms with Crippen LogP contribution in [0.3, 0.4) is 0 Å². The zero-order valence-corrected chi connectivity index (χ0v) is 30.8. The number of Topliss-reactive ketones (excluding diaryl/α,β-unsaturated/α-hetero) is 1. The van der Waals surface area contributed by atoms with Crippen LogP contribution in [0, 0.1) is 5.92 Å².